The molecule has 0 aliphatic carbocycles. The van der Waals surface area contributed by atoms with E-state index >= 15 is 0 Å². The predicted octanol–water partition coefficient (Wildman–Crippen LogP) is 5.58. The van der Waals surface area contributed by atoms with Crippen molar-refractivity contribution in [1.82, 2.24) is 14.8 Å². The third kappa shape index (κ3) is 3.90. The molecular formula is C19H23N3S2. The highest BCUT2D eigenvalue weighted by atomic mass is 32.2. The lowest BCUT2D eigenvalue weighted by molar-refractivity contribution is 0.626. The Balaban J connectivity index is 1.81. The summed E-state index contributed by atoms with van der Waals surface area (Å²) in [6, 6.07) is 11.0. The van der Waals surface area contributed by atoms with Gasteiger partial charge < -0.3 is 4.57 Å². The molecule has 1 aromatic carbocycles. The summed E-state index contributed by atoms with van der Waals surface area (Å²) in [6.07, 6.45) is 2.15. The quantitative estimate of drug-likeness (QED) is 0.517. The van der Waals surface area contributed by atoms with Gasteiger partial charge in [-0.2, -0.15) is 0 Å². The minimum absolute atomic E-state index is 0.923. The number of aromatic nitrogens is 3. The van der Waals surface area contributed by atoms with E-state index in [-0.39, 0.29) is 0 Å². The van der Waals surface area contributed by atoms with Crippen LogP contribution in [-0.2, 0) is 18.7 Å². The van der Waals surface area contributed by atoms with Crippen molar-refractivity contribution in [3.8, 4) is 11.4 Å². The van der Waals surface area contributed by atoms with E-state index in [0.29, 0.717) is 0 Å². The molecule has 0 fully saturated rings. The third-order valence-corrected chi connectivity index (χ3v) is 6.03. The van der Waals surface area contributed by atoms with Gasteiger partial charge in [-0.25, -0.2) is 0 Å². The molecule has 2 aromatic heterocycles. The molecule has 0 bridgehead atoms. The molecule has 0 unspecified atom stereocenters. The molecule has 3 nitrogen and oxygen atoms in total. The van der Waals surface area contributed by atoms with E-state index in [1.807, 2.05) is 0 Å². The number of aryl methyl sites for hydroxylation is 2. The summed E-state index contributed by atoms with van der Waals surface area (Å²) in [5.74, 6) is 1.92. The van der Waals surface area contributed by atoms with Crippen LogP contribution in [0.4, 0.5) is 0 Å². The molecule has 0 aliphatic rings. The van der Waals surface area contributed by atoms with Crippen LogP contribution >= 0.6 is 23.1 Å². The molecule has 0 spiro atoms. The monoisotopic (exact) mass is 357 g/mol. The van der Waals surface area contributed by atoms with Crippen LogP contribution in [-0.4, -0.2) is 14.8 Å². The summed E-state index contributed by atoms with van der Waals surface area (Å²) in [6.45, 7) is 7.46. The Kier molecular flexibility index (Phi) is 5.74. The molecular weight excluding hydrogens is 334 g/mol. The van der Waals surface area contributed by atoms with Crippen LogP contribution in [0.15, 0.2) is 40.9 Å². The smallest absolute Gasteiger partial charge is 0.191 e. The number of nitrogens with zero attached hydrogens (tertiary/aromatic N) is 3. The fourth-order valence-electron chi connectivity index (χ4n) is 2.55. The second kappa shape index (κ2) is 7.99. The largest absolute Gasteiger partial charge is 0.302 e. The van der Waals surface area contributed by atoms with Gasteiger partial charge in [0.15, 0.2) is 11.0 Å². The lowest BCUT2D eigenvalue weighted by atomic mass is 10.2. The van der Waals surface area contributed by atoms with Crippen LogP contribution in [0.3, 0.4) is 0 Å². The summed E-state index contributed by atoms with van der Waals surface area (Å²) in [4.78, 5) is 1.39. The van der Waals surface area contributed by atoms with E-state index in [1.54, 1.807) is 23.1 Å². The van der Waals surface area contributed by atoms with Crippen LogP contribution in [0.5, 0.6) is 0 Å². The maximum absolute atomic E-state index is 4.48. The van der Waals surface area contributed by atoms with Gasteiger partial charge in [0, 0.05) is 28.1 Å². The van der Waals surface area contributed by atoms with E-state index in [0.717, 1.165) is 36.1 Å². The van der Waals surface area contributed by atoms with Gasteiger partial charge in [0.25, 0.3) is 0 Å². The maximum atomic E-state index is 4.48. The molecule has 0 amide bonds. The van der Waals surface area contributed by atoms with Crippen LogP contribution in [0, 0.1) is 6.92 Å². The van der Waals surface area contributed by atoms with Crippen molar-refractivity contribution in [3.63, 3.8) is 0 Å². The van der Waals surface area contributed by atoms with E-state index in [9.17, 15) is 0 Å². The SMILES string of the molecule is CCCn1c(SCc2ccc(C)cc2)nnc1-c1csc(CC)c1. The Morgan fingerprint density at radius 1 is 1.12 bits per heavy atom. The first-order chi connectivity index (χ1) is 11.7. The highest BCUT2D eigenvalue weighted by molar-refractivity contribution is 7.98. The van der Waals surface area contributed by atoms with E-state index in [2.05, 4.69) is 71.2 Å². The minimum atomic E-state index is 0.923. The van der Waals surface area contributed by atoms with Crippen LogP contribution in [0.25, 0.3) is 11.4 Å². The Hall–Kier alpha value is -1.59. The number of hydrogen-bond acceptors (Lipinski definition) is 4. The van der Waals surface area contributed by atoms with Gasteiger partial charge in [-0.3, -0.25) is 0 Å². The summed E-state index contributed by atoms with van der Waals surface area (Å²) in [5.41, 5.74) is 3.81. The Labute approximate surface area is 152 Å². The molecule has 3 rings (SSSR count). The average molecular weight is 358 g/mol. The summed E-state index contributed by atoms with van der Waals surface area (Å²) >= 11 is 3.57. The second-order valence-electron chi connectivity index (χ2n) is 5.89. The fourth-order valence-corrected chi connectivity index (χ4v) is 4.28. The first kappa shape index (κ1) is 17.2. The molecule has 3 aromatic rings. The number of rotatable bonds is 7. The maximum Gasteiger partial charge on any atom is 0.191 e. The van der Waals surface area contributed by atoms with Crippen LogP contribution in [0.1, 0.15) is 36.3 Å². The summed E-state index contributed by atoms with van der Waals surface area (Å²) in [5, 5.41) is 12.1. The summed E-state index contributed by atoms with van der Waals surface area (Å²) < 4.78 is 2.26. The lowest BCUT2D eigenvalue weighted by Crippen LogP contribution is -2.01. The molecule has 0 aliphatic heterocycles. The molecule has 5 heteroatoms. The highest BCUT2D eigenvalue weighted by Crippen LogP contribution is 2.29. The Bertz CT molecular complexity index is 787. The van der Waals surface area contributed by atoms with E-state index in [1.165, 1.54) is 21.6 Å². The van der Waals surface area contributed by atoms with Crippen molar-refractivity contribution >= 4 is 23.1 Å². The normalized spacial score (nSPS) is 11.1. The Morgan fingerprint density at radius 2 is 1.92 bits per heavy atom. The van der Waals surface area contributed by atoms with Gasteiger partial charge in [-0.15, -0.1) is 21.5 Å². The van der Waals surface area contributed by atoms with Crippen molar-refractivity contribution < 1.29 is 0 Å². The zero-order valence-corrected chi connectivity index (χ0v) is 16.1. The topological polar surface area (TPSA) is 30.7 Å². The van der Waals surface area contributed by atoms with Crippen molar-refractivity contribution in [1.29, 1.82) is 0 Å². The molecule has 126 valence electrons. The minimum Gasteiger partial charge on any atom is -0.302 e. The van der Waals surface area contributed by atoms with Gasteiger partial charge >= 0.3 is 0 Å². The lowest BCUT2D eigenvalue weighted by Gasteiger charge is -2.08. The highest BCUT2D eigenvalue weighted by Gasteiger charge is 2.15. The van der Waals surface area contributed by atoms with Crippen LogP contribution in [0.2, 0.25) is 0 Å². The van der Waals surface area contributed by atoms with Crippen LogP contribution < -0.4 is 0 Å². The van der Waals surface area contributed by atoms with Crippen molar-refractivity contribution in [2.75, 3.05) is 0 Å². The third-order valence-electron chi connectivity index (χ3n) is 3.91. The number of benzene rings is 1. The first-order valence-electron chi connectivity index (χ1n) is 8.40. The van der Waals surface area contributed by atoms with Crippen molar-refractivity contribution in [2.24, 2.45) is 0 Å². The Morgan fingerprint density at radius 3 is 2.58 bits per heavy atom. The molecule has 0 saturated heterocycles. The number of hydrogen-bond donors (Lipinski definition) is 0. The van der Waals surface area contributed by atoms with Gasteiger partial charge in [0.2, 0.25) is 0 Å². The summed E-state index contributed by atoms with van der Waals surface area (Å²) in [7, 11) is 0. The molecule has 0 atom stereocenters. The van der Waals surface area contributed by atoms with Gasteiger partial charge in [-0.1, -0.05) is 55.4 Å². The molecule has 24 heavy (non-hydrogen) atoms. The predicted molar refractivity (Wildman–Crippen MR) is 104 cm³/mol. The van der Waals surface area contributed by atoms with Crippen molar-refractivity contribution in [2.45, 2.75) is 51.1 Å². The van der Waals surface area contributed by atoms with Gasteiger partial charge in [0.1, 0.15) is 0 Å². The second-order valence-corrected chi connectivity index (χ2v) is 7.83. The standard InChI is InChI=1S/C19H23N3S2/c1-4-10-22-18(16-11-17(5-2)23-13-16)20-21-19(22)24-12-15-8-6-14(3)7-9-15/h6-9,11,13H,4-5,10,12H2,1-3H3. The molecule has 0 radical (unpaired) electrons. The number of thioether (sulfide) groups is 1. The van der Waals surface area contributed by atoms with E-state index in [4.69, 9.17) is 0 Å². The first-order valence-corrected chi connectivity index (χ1v) is 10.3. The fraction of sp³-hybridized carbons (Fsp3) is 0.368. The molecule has 0 N–H and O–H groups in total. The molecule has 2 heterocycles. The van der Waals surface area contributed by atoms with Gasteiger partial charge in [0.05, 0.1) is 0 Å². The van der Waals surface area contributed by atoms with Gasteiger partial charge in [-0.05, 0) is 31.4 Å². The average Bonchev–Trinajstić information content (AvgIpc) is 3.21. The van der Waals surface area contributed by atoms with Crippen molar-refractivity contribution in [3.05, 3.63) is 51.7 Å². The molecule has 0 saturated carbocycles. The zero-order valence-electron chi connectivity index (χ0n) is 14.5. The van der Waals surface area contributed by atoms with E-state index < -0.39 is 0 Å². The number of thiophene rings is 1. The zero-order chi connectivity index (χ0) is 16.9.